The monoisotopic (exact) mass is 261 g/mol. The van der Waals surface area contributed by atoms with Crippen molar-refractivity contribution < 1.29 is 0 Å². The van der Waals surface area contributed by atoms with Crippen LogP contribution in [0.25, 0.3) is 22.0 Å². The summed E-state index contributed by atoms with van der Waals surface area (Å²) in [6.07, 6.45) is 2.12. The third-order valence-electron chi connectivity index (χ3n) is 4.13. The van der Waals surface area contributed by atoms with Crippen LogP contribution in [0.3, 0.4) is 0 Å². The lowest BCUT2D eigenvalue weighted by Gasteiger charge is -2.20. The van der Waals surface area contributed by atoms with Crippen LogP contribution in [0.4, 0.5) is 0 Å². The maximum absolute atomic E-state index is 12.4. The zero-order valence-electron chi connectivity index (χ0n) is 11.2. The lowest BCUT2D eigenvalue weighted by atomic mass is 9.95. The normalized spacial score (nSPS) is 13.6. The van der Waals surface area contributed by atoms with Gasteiger partial charge in [0.1, 0.15) is 0 Å². The number of nitrogens with zero attached hydrogens (tertiary/aromatic N) is 1. The van der Waals surface area contributed by atoms with Crippen LogP contribution in [0.1, 0.15) is 12.0 Å². The number of para-hydroxylation sites is 1. The van der Waals surface area contributed by atoms with Gasteiger partial charge in [-0.15, -0.1) is 0 Å². The van der Waals surface area contributed by atoms with Crippen LogP contribution in [0, 0.1) is 0 Å². The molecule has 0 N–H and O–H groups in total. The Balaban J connectivity index is 2.15. The summed E-state index contributed by atoms with van der Waals surface area (Å²) in [5.41, 5.74) is 4.70. The quantitative estimate of drug-likeness (QED) is 0.656. The lowest BCUT2D eigenvalue weighted by molar-refractivity contribution is 0.616. The Hall–Kier alpha value is -2.35. The molecule has 20 heavy (non-hydrogen) atoms. The second-order valence-electron chi connectivity index (χ2n) is 5.33. The fraction of sp³-hybridized carbons (Fsp3) is 0.167. The molecule has 1 aliphatic rings. The molecule has 2 heterocycles. The van der Waals surface area contributed by atoms with Crippen molar-refractivity contribution in [1.29, 1.82) is 0 Å². The number of aryl methyl sites for hydroxylation is 2. The first-order valence-corrected chi connectivity index (χ1v) is 7.05. The number of hydrogen-bond acceptors (Lipinski definition) is 1. The van der Waals surface area contributed by atoms with Crippen molar-refractivity contribution in [1.82, 2.24) is 4.57 Å². The van der Waals surface area contributed by atoms with Gasteiger partial charge in [-0.1, -0.05) is 48.5 Å². The molecule has 2 aromatic carbocycles. The summed E-state index contributed by atoms with van der Waals surface area (Å²) in [7, 11) is 0. The predicted molar refractivity (Wildman–Crippen MR) is 82.0 cm³/mol. The van der Waals surface area contributed by atoms with Gasteiger partial charge < -0.3 is 4.57 Å². The summed E-state index contributed by atoms with van der Waals surface area (Å²) in [6, 6.07) is 18.3. The van der Waals surface area contributed by atoms with E-state index in [9.17, 15) is 4.79 Å². The molecule has 2 heteroatoms. The third-order valence-corrected chi connectivity index (χ3v) is 4.13. The van der Waals surface area contributed by atoms with Crippen LogP contribution in [-0.4, -0.2) is 4.57 Å². The number of hydrogen-bond donors (Lipinski definition) is 0. The van der Waals surface area contributed by atoms with Gasteiger partial charge >= 0.3 is 0 Å². The van der Waals surface area contributed by atoms with E-state index in [0.29, 0.717) is 0 Å². The Labute approximate surface area is 117 Å². The van der Waals surface area contributed by atoms with Gasteiger partial charge in [-0.05, 0) is 29.5 Å². The SMILES string of the molecule is O=c1cc(-c2ccccc2)c2cccc3c2n1CCC3. The van der Waals surface area contributed by atoms with Gasteiger partial charge in [0.2, 0.25) is 0 Å². The molecular formula is C18H15NO. The molecule has 98 valence electrons. The molecule has 1 aliphatic heterocycles. The van der Waals surface area contributed by atoms with Crippen molar-refractivity contribution in [2.24, 2.45) is 0 Å². The van der Waals surface area contributed by atoms with Crippen molar-refractivity contribution in [3.8, 4) is 11.1 Å². The molecule has 1 aromatic heterocycles. The molecular weight excluding hydrogens is 246 g/mol. The van der Waals surface area contributed by atoms with Gasteiger partial charge in [0.25, 0.3) is 5.56 Å². The second-order valence-corrected chi connectivity index (χ2v) is 5.33. The van der Waals surface area contributed by atoms with E-state index in [0.717, 1.165) is 36.0 Å². The topological polar surface area (TPSA) is 22.0 Å². The maximum atomic E-state index is 12.4. The standard InChI is InChI=1S/C18H15NO/c20-17-12-16(13-6-2-1-3-7-13)15-10-4-8-14-9-5-11-19(17)18(14)15/h1-4,6-8,10,12H,5,9,11H2. The maximum Gasteiger partial charge on any atom is 0.251 e. The van der Waals surface area contributed by atoms with E-state index in [1.54, 1.807) is 6.07 Å². The van der Waals surface area contributed by atoms with E-state index < -0.39 is 0 Å². The Kier molecular flexibility index (Phi) is 2.49. The van der Waals surface area contributed by atoms with Crippen LogP contribution >= 0.6 is 0 Å². The number of rotatable bonds is 1. The van der Waals surface area contributed by atoms with Crippen molar-refractivity contribution >= 4 is 10.9 Å². The van der Waals surface area contributed by atoms with Crippen LogP contribution in [-0.2, 0) is 13.0 Å². The average molecular weight is 261 g/mol. The van der Waals surface area contributed by atoms with E-state index >= 15 is 0 Å². The molecule has 0 radical (unpaired) electrons. The van der Waals surface area contributed by atoms with Gasteiger partial charge in [0.05, 0.1) is 5.52 Å². The molecule has 0 amide bonds. The number of pyridine rings is 1. The van der Waals surface area contributed by atoms with E-state index in [4.69, 9.17) is 0 Å². The first-order valence-electron chi connectivity index (χ1n) is 7.05. The second kappa shape index (κ2) is 4.34. The van der Waals surface area contributed by atoms with E-state index in [2.05, 4.69) is 30.3 Å². The Morgan fingerprint density at radius 1 is 0.950 bits per heavy atom. The van der Waals surface area contributed by atoms with Crippen molar-refractivity contribution in [3.05, 3.63) is 70.5 Å². The van der Waals surface area contributed by atoms with Gasteiger partial charge in [-0.3, -0.25) is 4.79 Å². The molecule has 0 bridgehead atoms. The highest BCUT2D eigenvalue weighted by Crippen LogP contribution is 2.31. The molecule has 0 unspecified atom stereocenters. The van der Waals surface area contributed by atoms with E-state index in [1.165, 1.54) is 10.9 Å². The Bertz CT molecular complexity index is 846. The molecule has 0 saturated heterocycles. The Morgan fingerprint density at radius 2 is 1.80 bits per heavy atom. The van der Waals surface area contributed by atoms with Gasteiger partial charge in [0, 0.05) is 18.0 Å². The summed E-state index contributed by atoms with van der Waals surface area (Å²) in [5.74, 6) is 0. The van der Waals surface area contributed by atoms with Crippen LogP contribution in [0.15, 0.2) is 59.4 Å². The lowest BCUT2D eigenvalue weighted by Crippen LogP contribution is -2.24. The summed E-state index contributed by atoms with van der Waals surface area (Å²) in [4.78, 5) is 12.4. The largest absolute Gasteiger partial charge is 0.308 e. The minimum absolute atomic E-state index is 0.114. The van der Waals surface area contributed by atoms with Crippen molar-refractivity contribution in [2.75, 3.05) is 0 Å². The summed E-state index contributed by atoms with van der Waals surface area (Å²) >= 11 is 0. The summed E-state index contributed by atoms with van der Waals surface area (Å²) < 4.78 is 1.93. The predicted octanol–water partition coefficient (Wildman–Crippen LogP) is 3.61. The highest BCUT2D eigenvalue weighted by molar-refractivity contribution is 5.96. The molecule has 2 nitrogen and oxygen atoms in total. The molecule has 0 aliphatic carbocycles. The minimum Gasteiger partial charge on any atom is -0.308 e. The first-order chi connectivity index (χ1) is 9.84. The summed E-state index contributed by atoms with van der Waals surface area (Å²) in [6.45, 7) is 0.835. The third kappa shape index (κ3) is 1.61. The van der Waals surface area contributed by atoms with Gasteiger partial charge in [-0.2, -0.15) is 0 Å². The molecule has 0 fully saturated rings. The van der Waals surface area contributed by atoms with Gasteiger partial charge in [-0.25, -0.2) is 0 Å². The highest BCUT2D eigenvalue weighted by Gasteiger charge is 2.16. The summed E-state index contributed by atoms with van der Waals surface area (Å²) in [5, 5.41) is 1.19. The van der Waals surface area contributed by atoms with E-state index in [-0.39, 0.29) is 5.56 Å². The molecule has 0 spiro atoms. The van der Waals surface area contributed by atoms with Crippen molar-refractivity contribution in [3.63, 3.8) is 0 Å². The molecule has 4 rings (SSSR count). The van der Waals surface area contributed by atoms with Gasteiger partial charge in [0.15, 0.2) is 0 Å². The van der Waals surface area contributed by atoms with Crippen LogP contribution in [0.2, 0.25) is 0 Å². The Morgan fingerprint density at radius 3 is 2.65 bits per heavy atom. The zero-order valence-corrected chi connectivity index (χ0v) is 11.2. The van der Waals surface area contributed by atoms with Crippen LogP contribution in [0.5, 0.6) is 0 Å². The smallest absolute Gasteiger partial charge is 0.251 e. The minimum atomic E-state index is 0.114. The molecule has 0 saturated carbocycles. The zero-order chi connectivity index (χ0) is 13.5. The molecule has 3 aromatic rings. The highest BCUT2D eigenvalue weighted by atomic mass is 16.1. The number of benzene rings is 2. The fourth-order valence-electron chi connectivity index (χ4n) is 3.22. The van der Waals surface area contributed by atoms with Crippen LogP contribution < -0.4 is 5.56 Å². The van der Waals surface area contributed by atoms with Crippen molar-refractivity contribution in [2.45, 2.75) is 19.4 Å². The molecule has 0 atom stereocenters. The first kappa shape index (κ1) is 11.5. The fourth-order valence-corrected chi connectivity index (χ4v) is 3.22. The average Bonchev–Trinajstić information content (AvgIpc) is 2.52. The number of aromatic nitrogens is 1. The van der Waals surface area contributed by atoms with E-state index in [1.807, 2.05) is 22.8 Å².